The van der Waals surface area contributed by atoms with Crippen molar-refractivity contribution in [3.05, 3.63) is 58.1 Å². The summed E-state index contributed by atoms with van der Waals surface area (Å²) in [6.45, 7) is 13.4. The van der Waals surface area contributed by atoms with Crippen LogP contribution in [-0.4, -0.2) is 51.2 Å². The minimum absolute atomic E-state index is 0.240. The second-order valence-corrected chi connectivity index (χ2v) is 10.5. The van der Waals surface area contributed by atoms with E-state index in [9.17, 15) is 9.59 Å². The van der Waals surface area contributed by atoms with Gasteiger partial charge in [-0.15, -0.1) is 5.10 Å². The van der Waals surface area contributed by atoms with Gasteiger partial charge in [0.2, 0.25) is 0 Å². The minimum atomic E-state index is -0.546. The van der Waals surface area contributed by atoms with Crippen molar-refractivity contribution in [1.29, 1.82) is 0 Å². The van der Waals surface area contributed by atoms with Gasteiger partial charge in [0, 0.05) is 25.6 Å². The molecule has 1 aliphatic heterocycles. The van der Waals surface area contributed by atoms with E-state index in [1.54, 1.807) is 4.90 Å². The number of aryl methyl sites for hydroxylation is 2. The van der Waals surface area contributed by atoms with Gasteiger partial charge in [0.05, 0.1) is 18.5 Å². The lowest BCUT2D eigenvalue weighted by Gasteiger charge is -2.32. The van der Waals surface area contributed by atoms with Gasteiger partial charge in [0.1, 0.15) is 11.1 Å². The van der Waals surface area contributed by atoms with Crippen LogP contribution >= 0.6 is 0 Å². The van der Waals surface area contributed by atoms with Crippen LogP contribution < -0.4 is 0 Å². The monoisotopic (exact) mass is 492 g/mol. The third-order valence-corrected chi connectivity index (χ3v) is 6.94. The summed E-state index contributed by atoms with van der Waals surface area (Å²) in [6, 6.07) is 10.4. The summed E-state index contributed by atoms with van der Waals surface area (Å²) in [5.74, 6) is -0.934. The topological polar surface area (TPSA) is 86.5 Å². The van der Waals surface area contributed by atoms with Crippen molar-refractivity contribution in [1.82, 2.24) is 19.9 Å². The number of amides is 1. The third kappa shape index (κ3) is 4.94. The van der Waals surface area contributed by atoms with Crippen LogP contribution in [-0.2, 0) is 33.8 Å². The molecule has 1 aromatic heterocycles. The number of carbonyl (C=O) groups excluding carboxylic acids is 2. The average Bonchev–Trinajstić information content (AvgIpc) is 3.27. The molecule has 3 aromatic rings. The molecule has 0 fully saturated rings. The highest BCUT2D eigenvalue weighted by Crippen LogP contribution is 2.38. The first-order valence-corrected chi connectivity index (χ1v) is 12.5. The van der Waals surface area contributed by atoms with Gasteiger partial charge in [0.15, 0.2) is 0 Å². The Hall–Kier alpha value is -3.42. The molecule has 0 bridgehead atoms. The predicted octanol–water partition coefficient (Wildman–Crippen LogP) is 4.99. The first kappa shape index (κ1) is 25.7. The van der Waals surface area contributed by atoms with Gasteiger partial charge in [-0.05, 0) is 74.9 Å². The van der Waals surface area contributed by atoms with E-state index >= 15 is 0 Å². The number of fused-ring (bicyclic) bond motifs is 2. The molecule has 8 heteroatoms. The zero-order valence-corrected chi connectivity index (χ0v) is 22.3. The molecule has 0 spiro atoms. The van der Waals surface area contributed by atoms with Crippen molar-refractivity contribution in [3.63, 3.8) is 0 Å². The Balaban J connectivity index is 1.75. The van der Waals surface area contributed by atoms with Gasteiger partial charge in [-0.2, -0.15) is 0 Å². The lowest BCUT2D eigenvalue weighted by Crippen LogP contribution is -2.40. The van der Waals surface area contributed by atoms with Crippen molar-refractivity contribution in [2.24, 2.45) is 5.92 Å². The molecule has 0 saturated carbocycles. The van der Waals surface area contributed by atoms with Crippen LogP contribution in [0.2, 0.25) is 0 Å². The predicted molar refractivity (Wildman–Crippen MR) is 138 cm³/mol. The van der Waals surface area contributed by atoms with E-state index in [0.29, 0.717) is 13.1 Å². The summed E-state index contributed by atoms with van der Waals surface area (Å²) in [6.07, 6.45) is 0.454. The first-order valence-electron chi connectivity index (χ1n) is 12.5. The van der Waals surface area contributed by atoms with Crippen molar-refractivity contribution < 1.29 is 19.1 Å². The maximum atomic E-state index is 12.8. The number of carbonyl (C=O) groups is 2. The van der Waals surface area contributed by atoms with Gasteiger partial charge >= 0.3 is 12.1 Å². The standard InChI is InChI=1S/C28H36N4O4/c1-8-32-23-12-11-22(17(2)25(23)29-30-32)24(18(3)26(33)35-7)20-10-9-19-13-14-31(16-21(19)15-20)27(34)36-28(4,5)6/h9-12,15,18,24H,8,13-14,16H2,1-7H3/t18-,24+/m1/s1. The Bertz CT molecular complexity index is 1290. The number of nitrogens with zero attached hydrogens (tertiary/aromatic N) is 4. The SMILES string of the molecule is CCn1nnc2c(C)c([C@H](c3ccc4c(c3)CN(C(=O)OC(C)(C)C)CC4)[C@@H](C)C(=O)OC)ccc21. The molecule has 192 valence electrons. The van der Waals surface area contributed by atoms with Crippen LogP contribution in [0.1, 0.15) is 68.4 Å². The average molecular weight is 493 g/mol. The van der Waals surface area contributed by atoms with E-state index in [4.69, 9.17) is 9.47 Å². The number of ether oxygens (including phenoxy) is 2. The molecule has 2 aromatic carbocycles. The van der Waals surface area contributed by atoms with Crippen LogP contribution in [0.25, 0.3) is 11.0 Å². The smallest absolute Gasteiger partial charge is 0.410 e. The maximum Gasteiger partial charge on any atom is 0.410 e. The second kappa shape index (κ2) is 9.91. The largest absolute Gasteiger partial charge is 0.469 e. The van der Waals surface area contributed by atoms with E-state index < -0.39 is 11.5 Å². The molecule has 0 radical (unpaired) electrons. The molecule has 1 amide bonds. The van der Waals surface area contributed by atoms with E-state index in [-0.39, 0.29) is 18.0 Å². The summed E-state index contributed by atoms with van der Waals surface area (Å²) in [5, 5.41) is 8.69. The molecule has 1 aliphatic rings. The summed E-state index contributed by atoms with van der Waals surface area (Å²) < 4.78 is 12.6. The van der Waals surface area contributed by atoms with Gasteiger partial charge in [-0.3, -0.25) is 4.79 Å². The molecule has 0 N–H and O–H groups in total. The molecular weight excluding hydrogens is 456 g/mol. The van der Waals surface area contributed by atoms with E-state index in [1.165, 1.54) is 12.7 Å². The van der Waals surface area contributed by atoms with Crippen molar-refractivity contribution in [2.75, 3.05) is 13.7 Å². The number of hydrogen-bond donors (Lipinski definition) is 0. The molecule has 0 aliphatic carbocycles. The first-order chi connectivity index (χ1) is 17.0. The number of esters is 1. The molecular formula is C28H36N4O4. The van der Waals surface area contributed by atoms with E-state index in [0.717, 1.165) is 46.3 Å². The van der Waals surface area contributed by atoms with Crippen molar-refractivity contribution >= 4 is 23.1 Å². The number of benzene rings is 2. The van der Waals surface area contributed by atoms with E-state index in [1.807, 2.05) is 52.3 Å². The Morgan fingerprint density at radius 3 is 2.56 bits per heavy atom. The lowest BCUT2D eigenvalue weighted by molar-refractivity contribution is -0.145. The molecule has 2 atom stereocenters. The molecule has 4 rings (SSSR count). The minimum Gasteiger partial charge on any atom is -0.469 e. The Labute approximate surface area is 212 Å². The van der Waals surface area contributed by atoms with Crippen LogP contribution in [0.4, 0.5) is 4.79 Å². The van der Waals surface area contributed by atoms with Crippen LogP contribution in [0, 0.1) is 12.8 Å². The van der Waals surface area contributed by atoms with Gasteiger partial charge in [-0.1, -0.05) is 36.4 Å². The number of aromatic nitrogens is 3. The molecule has 0 saturated heterocycles. The fraction of sp³-hybridized carbons (Fsp3) is 0.500. The van der Waals surface area contributed by atoms with Crippen molar-refractivity contribution in [3.8, 4) is 0 Å². The third-order valence-electron chi connectivity index (χ3n) is 6.94. The highest BCUT2D eigenvalue weighted by molar-refractivity contribution is 5.81. The molecule has 2 heterocycles. The summed E-state index contributed by atoms with van der Waals surface area (Å²) in [4.78, 5) is 27.2. The van der Waals surface area contributed by atoms with Crippen LogP contribution in [0.15, 0.2) is 30.3 Å². The normalized spacial score (nSPS) is 15.4. The highest BCUT2D eigenvalue weighted by Gasteiger charge is 2.32. The van der Waals surface area contributed by atoms with Gasteiger partial charge in [0.25, 0.3) is 0 Å². The Morgan fingerprint density at radius 1 is 1.14 bits per heavy atom. The number of rotatable bonds is 5. The highest BCUT2D eigenvalue weighted by atomic mass is 16.6. The number of hydrogen-bond acceptors (Lipinski definition) is 6. The van der Waals surface area contributed by atoms with Crippen molar-refractivity contribution in [2.45, 2.75) is 72.6 Å². The Morgan fingerprint density at radius 2 is 1.89 bits per heavy atom. The fourth-order valence-corrected chi connectivity index (χ4v) is 5.07. The van der Waals surface area contributed by atoms with E-state index in [2.05, 4.69) is 34.6 Å². The molecule has 0 unspecified atom stereocenters. The maximum absolute atomic E-state index is 12.8. The van der Waals surface area contributed by atoms with Crippen LogP contribution in [0.5, 0.6) is 0 Å². The lowest BCUT2D eigenvalue weighted by atomic mass is 9.78. The summed E-state index contributed by atoms with van der Waals surface area (Å²) in [5.41, 5.74) is 6.57. The number of methoxy groups -OCH3 is 1. The second-order valence-electron chi connectivity index (χ2n) is 10.5. The molecule has 8 nitrogen and oxygen atoms in total. The molecule has 36 heavy (non-hydrogen) atoms. The van der Waals surface area contributed by atoms with Crippen LogP contribution in [0.3, 0.4) is 0 Å². The zero-order chi connectivity index (χ0) is 26.2. The summed E-state index contributed by atoms with van der Waals surface area (Å²) >= 11 is 0. The summed E-state index contributed by atoms with van der Waals surface area (Å²) in [7, 11) is 1.42. The van der Waals surface area contributed by atoms with Gasteiger partial charge in [-0.25, -0.2) is 9.48 Å². The fourth-order valence-electron chi connectivity index (χ4n) is 5.07. The van der Waals surface area contributed by atoms with Gasteiger partial charge < -0.3 is 14.4 Å². The zero-order valence-electron chi connectivity index (χ0n) is 22.3. The quantitative estimate of drug-likeness (QED) is 0.466. The Kier molecular flexibility index (Phi) is 7.07.